The Kier molecular flexibility index (Phi) is 1.42. The fourth-order valence-electron chi connectivity index (χ4n) is 1.95. The molecule has 0 aliphatic heterocycles. The van der Waals surface area contributed by atoms with Crippen LogP contribution < -0.4 is 0 Å². The predicted molar refractivity (Wildman–Crippen MR) is 59.1 cm³/mol. The maximum absolute atomic E-state index is 5.99. The Balaban J connectivity index is 2.69. The zero-order valence-electron chi connectivity index (χ0n) is 7.64. The lowest BCUT2D eigenvalue weighted by atomic mass is 10.2. The van der Waals surface area contributed by atoms with Crippen LogP contribution in [0.1, 0.15) is 0 Å². The van der Waals surface area contributed by atoms with Gasteiger partial charge in [-0.1, -0.05) is 36.4 Å². The number of hydrogen-bond donors (Lipinski definition) is 0. The van der Waals surface area contributed by atoms with Crippen LogP contribution in [-0.2, 0) is 0 Å². The van der Waals surface area contributed by atoms with Gasteiger partial charge in [0.15, 0.2) is 0 Å². The van der Waals surface area contributed by atoms with Crippen molar-refractivity contribution in [1.29, 1.82) is 0 Å². The molecule has 0 atom stereocenters. The SMILES string of the molecule is [CH]n1c2ccccc2c2ccccc21. The lowest BCUT2D eigenvalue weighted by Crippen LogP contribution is -1.81. The Hall–Kier alpha value is -1.76. The molecular weight excluding hydrogens is 170 g/mol. The zero-order chi connectivity index (χ0) is 9.54. The van der Waals surface area contributed by atoms with Gasteiger partial charge >= 0.3 is 0 Å². The molecule has 3 aromatic rings. The minimum atomic E-state index is 1.08. The van der Waals surface area contributed by atoms with E-state index in [1.807, 2.05) is 36.4 Å². The smallest absolute Gasteiger partial charge is 0.0799 e. The van der Waals surface area contributed by atoms with Crippen LogP contribution in [0.15, 0.2) is 48.5 Å². The summed E-state index contributed by atoms with van der Waals surface area (Å²) in [5.41, 5.74) is 2.16. The minimum Gasteiger partial charge on any atom is -0.333 e. The average Bonchev–Trinajstić information content (AvgIpc) is 2.55. The standard InChI is InChI=1S/C13H9N/c1-14-12-8-4-2-6-10(12)11-7-3-5-9-13(11)14/h1-9H. The van der Waals surface area contributed by atoms with Crippen LogP contribution in [-0.4, -0.2) is 4.57 Å². The third-order valence-corrected chi connectivity index (χ3v) is 2.62. The minimum absolute atomic E-state index is 1.08. The van der Waals surface area contributed by atoms with Crippen molar-refractivity contribution in [3.8, 4) is 0 Å². The van der Waals surface area contributed by atoms with Gasteiger partial charge in [0.1, 0.15) is 0 Å². The van der Waals surface area contributed by atoms with Crippen molar-refractivity contribution < 1.29 is 0 Å². The van der Waals surface area contributed by atoms with E-state index >= 15 is 0 Å². The molecule has 0 unspecified atom stereocenters. The third-order valence-electron chi connectivity index (χ3n) is 2.62. The number of nitrogens with zero attached hydrogens (tertiary/aromatic N) is 1. The van der Waals surface area contributed by atoms with Crippen molar-refractivity contribution in [2.75, 3.05) is 0 Å². The van der Waals surface area contributed by atoms with E-state index in [2.05, 4.69) is 12.1 Å². The first-order valence-electron chi connectivity index (χ1n) is 4.61. The number of benzene rings is 2. The maximum Gasteiger partial charge on any atom is 0.0799 e. The van der Waals surface area contributed by atoms with Gasteiger partial charge in [-0.25, -0.2) is 0 Å². The normalized spacial score (nSPS) is 11.2. The molecule has 2 aromatic carbocycles. The first-order valence-corrected chi connectivity index (χ1v) is 4.61. The van der Waals surface area contributed by atoms with E-state index in [1.54, 1.807) is 4.57 Å². The highest BCUT2D eigenvalue weighted by Gasteiger charge is 2.05. The molecule has 0 spiro atoms. The summed E-state index contributed by atoms with van der Waals surface area (Å²) in [6.07, 6.45) is 0. The highest BCUT2D eigenvalue weighted by atomic mass is 14.9. The average molecular weight is 179 g/mol. The summed E-state index contributed by atoms with van der Waals surface area (Å²) >= 11 is 0. The fraction of sp³-hybridized carbons (Fsp3) is 0. The molecule has 1 heteroatoms. The van der Waals surface area contributed by atoms with Gasteiger partial charge in [-0.05, 0) is 12.1 Å². The lowest BCUT2D eigenvalue weighted by Gasteiger charge is -1.94. The van der Waals surface area contributed by atoms with Gasteiger partial charge in [-0.2, -0.15) is 0 Å². The molecule has 1 aromatic heterocycles. The Morgan fingerprint density at radius 2 is 1.14 bits per heavy atom. The predicted octanol–water partition coefficient (Wildman–Crippen LogP) is 3.31. The van der Waals surface area contributed by atoms with Crippen LogP contribution in [0.25, 0.3) is 21.8 Å². The quantitative estimate of drug-likeness (QED) is 0.499. The monoisotopic (exact) mass is 179 g/mol. The molecule has 0 saturated carbocycles. The molecule has 2 radical (unpaired) electrons. The van der Waals surface area contributed by atoms with E-state index in [0.717, 1.165) is 11.0 Å². The molecule has 1 nitrogen and oxygen atoms in total. The topological polar surface area (TPSA) is 4.93 Å². The highest BCUT2D eigenvalue weighted by Crippen LogP contribution is 2.27. The maximum atomic E-state index is 5.99. The van der Waals surface area contributed by atoms with E-state index < -0.39 is 0 Å². The van der Waals surface area contributed by atoms with Crippen LogP contribution in [0, 0.1) is 7.05 Å². The Labute approximate surface area is 82.6 Å². The first-order chi connectivity index (χ1) is 6.88. The first kappa shape index (κ1) is 7.63. The van der Waals surface area contributed by atoms with Gasteiger partial charge in [0.2, 0.25) is 0 Å². The summed E-state index contributed by atoms with van der Waals surface area (Å²) in [6.45, 7) is 0. The van der Waals surface area contributed by atoms with Crippen molar-refractivity contribution in [3.63, 3.8) is 0 Å². The molecule has 0 amide bonds. The van der Waals surface area contributed by atoms with E-state index in [4.69, 9.17) is 7.05 Å². The molecule has 1 heterocycles. The van der Waals surface area contributed by atoms with Crippen molar-refractivity contribution in [2.45, 2.75) is 0 Å². The van der Waals surface area contributed by atoms with E-state index in [9.17, 15) is 0 Å². The number of hydrogen-bond acceptors (Lipinski definition) is 0. The fourth-order valence-corrected chi connectivity index (χ4v) is 1.95. The summed E-state index contributed by atoms with van der Waals surface area (Å²) in [7, 11) is 5.99. The summed E-state index contributed by atoms with van der Waals surface area (Å²) in [6, 6.07) is 16.4. The number of para-hydroxylation sites is 2. The molecule has 14 heavy (non-hydrogen) atoms. The lowest BCUT2D eigenvalue weighted by molar-refractivity contribution is 1.20. The number of rotatable bonds is 0. The molecule has 66 valence electrons. The van der Waals surface area contributed by atoms with Crippen LogP contribution in [0.5, 0.6) is 0 Å². The van der Waals surface area contributed by atoms with Gasteiger partial charge in [-0.3, -0.25) is 0 Å². The molecule has 0 aliphatic rings. The van der Waals surface area contributed by atoms with Gasteiger partial charge in [-0.15, -0.1) is 0 Å². The summed E-state index contributed by atoms with van der Waals surface area (Å²) < 4.78 is 1.74. The van der Waals surface area contributed by atoms with Crippen molar-refractivity contribution in [2.24, 2.45) is 0 Å². The zero-order valence-corrected chi connectivity index (χ0v) is 7.64. The molecule has 3 rings (SSSR count). The van der Waals surface area contributed by atoms with Gasteiger partial charge in [0.05, 0.1) is 7.05 Å². The van der Waals surface area contributed by atoms with Crippen molar-refractivity contribution >= 4 is 21.8 Å². The third kappa shape index (κ3) is 0.841. The van der Waals surface area contributed by atoms with E-state index in [1.165, 1.54) is 10.8 Å². The van der Waals surface area contributed by atoms with Crippen LogP contribution in [0.2, 0.25) is 0 Å². The van der Waals surface area contributed by atoms with Crippen LogP contribution in [0.3, 0.4) is 0 Å². The largest absolute Gasteiger partial charge is 0.333 e. The molecule has 0 saturated heterocycles. The summed E-state index contributed by atoms with van der Waals surface area (Å²) in [4.78, 5) is 0. The van der Waals surface area contributed by atoms with Gasteiger partial charge < -0.3 is 4.57 Å². The number of aromatic nitrogens is 1. The second-order valence-corrected chi connectivity index (χ2v) is 3.40. The van der Waals surface area contributed by atoms with Crippen LogP contribution in [0.4, 0.5) is 0 Å². The van der Waals surface area contributed by atoms with Crippen molar-refractivity contribution in [3.05, 3.63) is 55.6 Å². The Bertz CT molecular complexity index is 551. The number of fused-ring (bicyclic) bond motifs is 3. The highest BCUT2D eigenvalue weighted by molar-refractivity contribution is 6.08. The Morgan fingerprint density at radius 3 is 1.64 bits per heavy atom. The summed E-state index contributed by atoms with van der Waals surface area (Å²) in [5.74, 6) is 0. The van der Waals surface area contributed by atoms with E-state index in [0.29, 0.717) is 0 Å². The van der Waals surface area contributed by atoms with Gasteiger partial charge in [0.25, 0.3) is 0 Å². The summed E-state index contributed by atoms with van der Waals surface area (Å²) in [5, 5.41) is 2.43. The molecule has 0 aliphatic carbocycles. The van der Waals surface area contributed by atoms with E-state index in [-0.39, 0.29) is 0 Å². The molecule has 0 N–H and O–H groups in total. The molecule has 0 bridgehead atoms. The second-order valence-electron chi connectivity index (χ2n) is 3.40. The van der Waals surface area contributed by atoms with Crippen LogP contribution >= 0.6 is 0 Å². The molecular formula is C13H9N. The van der Waals surface area contributed by atoms with Gasteiger partial charge in [0, 0.05) is 21.8 Å². The Morgan fingerprint density at radius 1 is 0.714 bits per heavy atom. The second kappa shape index (κ2) is 2.61. The molecule has 0 fully saturated rings. The van der Waals surface area contributed by atoms with Crippen molar-refractivity contribution in [1.82, 2.24) is 4.57 Å².